The maximum Gasteiger partial charge on any atom is 0.336 e. The first-order valence-electron chi connectivity index (χ1n) is 13.4. The molecule has 0 N–H and O–H groups in total. The molecule has 0 heterocycles. The molecule has 2 aromatic carbocycles. The summed E-state index contributed by atoms with van der Waals surface area (Å²) in [5, 5.41) is 1.18. The Bertz CT molecular complexity index is 1150. The molecule has 1 amide bonds. The van der Waals surface area contributed by atoms with Gasteiger partial charge in [-0.3, -0.25) is 32.8 Å². The molecule has 0 bridgehead atoms. The lowest BCUT2D eigenvalue weighted by molar-refractivity contribution is -0.189. The molecule has 11 heteroatoms. The minimum Gasteiger partial charge on any atom is -0.438 e. The predicted octanol–water partition coefficient (Wildman–Crippen LogP) is 6.34. The van der Waals surface area contributed by atoms with Crippen LogP contribution in [-0.4, -0.2) is 49.2 Å². The van der Waals surface area contributed by atoms with Crippen LogP contribution in [0.3, 0.4) is 0 Å². The minimum absolute atomic E-state index is 0.0949. The van der Waals surface area contributed by atoms with E-state index in [0.29, 0.717) is 0 Å². The third-order valence-corrected chi connectivity index (χ3v) is 7.56. The number of hydroxylamine groups is 2. The van der Waals surface area contributed by atoms with E-state index >= 15 is 0 Å². The zero-order chi connectivity index (χ0) is 30.7. The van der Waals surface area contributed by atoms with Crippen molar-refractivity contribution >= 4 is 25.4 Å². The van der Waals surface area contributed by atoms with Crippen molar-refractivity contribution in [1.82, 2.24) is 5.06 Å². The summed E-state index contributed by atoms with van der Waals surface area (Å²) in [6, 6.07) is 17.8. The van der Waals surface area contributed by atoms with E-state index in [1.807, 2.05) is 54.6 Å². The second-order valence-electron chi connectivity index (χ2n) is 11.5. The number of carbonyl (C=O) groups is 3. The van der Waals surface area contributed by atoms with Gasteiger partial charge in [0.05, 0.1) is 17.0 Å². The van der Waals surface area contributed by atoms with E-state index in [4.69, 9.17) is 23.4 Å². The third-order valence-electron chi connectivity index (χ3n) is 5.70. The molecule has 0 saturated carbocycles. The highest BCUT2D eigenvalue weighted by atomic mass is 31.2. The van der Waals surface area contributed by atoms with Gasteiger partial charge in [0.15, 0.2) is 0 Å². The van der Waals surface area contributed by atoms with Crippen LogP contribution in [-0.2, 0) is 48.9 Å². The highest BCUT2D eigenvalue weighted by Crippen LogP contribution is 2.49. The molecule has 0 aliphatic rings. The van der Waals surface area contributed by atoms with Gasteiger partial charge < -0.3 is 9.47 Å². The average molecular weight is 592 g/mol. The Hall–Kier alpha value is -3.04. The van der Waals surface area contributed by atoms with Crippen molar-refractivity contribution in [2.45, 2.75) is 61.5 Å². The average Bonchev–Trinajstić information content (AvgIpc) is 2.90. The van der Waals surface area contributed by atoms with Gasteiger partial charge in [0.25, 0.3) is 0 Å². The number of amides is 1. The van der Waals surface area contributed by atoms with Crippen LogP contribution in [0.5, 0.6) is 0 Å². The van der Waals surface area contributed by atoms with Crippen molar-refractivity contribution in [1.29, 1.82) is 0 Å². The Morgan fingerprint density at radius 3 is 1.71 bits per heavy atom. The van der Waals surface area contributed by atoms with Gasteiger partial charge in [-0.1, -0.05) is 54.6 Å². The monoisotopic (exact) mass is 591 g/mol. The molecule has 41 heavy (non-hydrogen) atoms. The fourth-order valence-corrected chi connectivity index (χ4v) is 4.51. The lowest BCUT2D eigenvalue weighted by Gasteiger charge is -2.23. The molecule has 0 aliphatic heterocycles. The number of benzene rings is 2. The van der Waals surface area contributed by atoms with Crippen molar-refractivity contribution in [3.63, 3.8) is 0 Å². The highest BCUT2D eigenvalue weighted by molar-refractivity contribution is 7.53. The van der Waals surface area contributed by atoms with Crippen LogP contribution in [0.2, 0.25) is 0 Å². The second-order valence-corrected chi connectivity index (χ2v) is 13.7. The quantitative estimate of drug-likeness (QED) is 0.107. The fraction of sp³-hybridized carbons (Fsp3) is 0.500. The van der Waals surface area contributed by atoms with Crippen molar-refractivity contribution < 1.29 is 42.3 Å². The predicted molar refractivity (Wildman–Crippen MR) is 154 cm³/mol. The maximum atomic E-state index is 13.4. The van der Waals surface area contributed by atoms with Gasteiger partial charge in [-0.25, -0.2) is 5.06 Å². The van der Waals surface area contributed by atoms with Crippen LogP contribution in [0.1, 0.15) is 60.5 Å². The molecule has 0 fully saturated rings. The summed E-state index contributed by atoms with van der Waals surface area (Å²) in [6.07, 6.45) is 0.0241. The molecule has 0 atom stereocenters. The van der Waals surface area contributed by atoms with Gasteiger partial charge in [-0.2, -0.15) is 0 Å². The van der Waals surface area contributed by atoms with E-state index in [-0.39, 0.29) is 31.6 Å². The summed E-state index contributed by atoms with van der Waals surface area (Å²) in [6.45, 7) is 10.4. The molecule has 0 saturated heterocycles. The Morgan fingerprint density at radius 2 is 1.24 bits per heavy atom. The summed E-state index contributed by atoms with van der Waals surface area (Å²) in [7, 11) is -3.88. The molecular formula is C30H42NO9P. The topological polar surface area (TPSA) is 118 Å². The number of ether oxygens (including phenoxy) is 2. The van der Waals surface area contributed by atoms with Crippen LogP contribution < -0.4 is 0 Å². The van der Waals surface area contributed by atoms with Crippen molar-refractivity contribution in [2.24, 2.45) is 10.8 Å². The van der Waals surface area contributed by atoms with Gasteiger partial charge in [-0.05, 0) is 64.7 Å². The number of esters is 2. The molecular weight excluding hydrogens is 549 g/mol. The molecule has 10 nitrogen and oxygen atoms in total. The zero-order valence-electron chi connectivity index (χ0n) is 25.0. The van der Waals surface area contributed by atoms with Gasteiger partial charge >= 0.3 is 19.5 Å². The van der Waals surface area contributed by atoms with E-state index in [0.717, 1.165) is 16.7 Å². The first-order chi connectivity index (χ1) is 19.1. The van der Waals surface area contributed by atoms with E-state index in [1.165, 1.54) is 12.0 Å². The number of hydrogen-bond donors (Lipinski definition) is 0. The summed E-state index contributed by atoms with van der Waals surface area (Å²) < 4.78 is 34.2. The van der Waals surface area contributed by atoms with Gasteiger partial charge in [0.1, 0.15) is 6.61 Å². The van der Waals surface area contributed by atoms with E-state index in [1.54, 1.807) is 41.5 Å². The molecule has 0 aliphatic carbocycles. The summed E-state index contributed by atoms with van der Waals surface area (Å²) in [4.78, 5) is 42.0. The van der Waals surface area contributed by atoms with Gasteiger partial charge in [0.2, 0.25) is 19.5 Å². The Labute approximate surface area is 242 Å². The van der Waals surface area contributed by atoms with Crippen LogP contribution >= 0.6 is 7.60 Å². The lowest BCUT2D eigenvalue weighted by Crippen LogP contribution is -2.30. The molecule has 0 spiro atoms. The van der Waals surface area contributed by atoms with Gasteiger partial charge in [0, 0.05) is 13.5 Å². The lowest BCUT2D eigenvalue weighted by atomic mass is 9.98. The minimum atomic E-state index is -3.88. The number of nitrogens with zero attached hydrogens (tertiary/aromatic N) is 1. The molecule has 226 valence electrons. The number of rotatable bonds is 14. The summed E-state index contributed by atoms with van der Waals surface area (Å²) >= 11 is 0. The zero-order valence-corrected chi connectivity index (χ0v) is 25.9. The van der Waals surface area contributed by atoms with Crippen LogP contribution in [0.25, 0.3) is 11.1 Å². The SMILES string of the molecule is CC(=O)N(CCCP(=O)(OCOC(=O)C(C)(C)C)OCOC(=O)C(C)(C)C)OCc1ccc(-c2ccccc2)cc1. The van der Waals surface area contributed by atoms with Gasteiger partial charge in [-0.15, -0.1) is 0 Å². The standard InChI is InChI=1S/C30H42NO9P/c1-23(32)31(38-20-24-14-16-26(17-15-24)25-12-9-8-10-13-25)18-11-19-41(35,39-21-36-27(33)29(2,3)4)40-22-37-28(34)30(5,6)7/h8-10,12-17H,11,18-22H2,1-7H3. The highest BCUT2D eigenvalue weighted by Gasteiger charge is 2.30. The Balaban J connectivity index is 1.95. The first kappa shape index (κ1) is 34.2. The molecule has 2 aromatic rings. The first-order valence-corrected chi connectivity index (χ1v) is 15.1. The summed E-state index contributed by atoms with van der Waals surface area (Å²) in [5.41, 5.74) is 1.47. The van der Waals surface area contributed by atoms with Crippen molar-refractivity contribution in [3.05, 3.63) is 60.2 Å². The van der Waals surface area contributed by atoms with Crippen LogP contribution in [0, 0.1) is 10.8 Å². The summed E-state index contributed by atoms with van der Waals surface area (Å²) in [5.74, 6) is -1.42. The normalized spacial score (nSPS) is 12.1. The molecule has 0 radical (unpaired) electrons. The third kappa shape index (κ3) is 12.2. The Morgan fingerprint density at radius 1 is 0.756 bits per heavy atom. The second kappa shape index (κ2) is 15.3. The van der Waals surface area contributed by atoms with Crippen LogP contribution in [0.15, 0.2) is 54.6 Å². The van der Waals surface area contributed by atoms with Crippen LogP contribution in [0.4, 0.5) is 0 Å². The smallest absolute Gasteiger partial charge is 0.336 e. The van der Waals surface area contributed by atoms with E-state index in [2.05, 4.69) is 0 Å². The number of carbonyl (C=O) groups excluding carboxylic acids is 3. The number of hydrogen-bond acceptors (Lipinski definition) is 9. The maximum absolute atomic E-state index is 13.4. The fourth-order valence-electron chi connectivity index (χ4n) is 3.22. The van der Waals surface area contributed by atoms with Crippen molar-refractivity contribution in [3.8, 4) is 11.1 Å². The molecule has 0 unspecified atom stereocenters. The van der Waals surface area contributed by atoms with Crippen molar-refractivity contribution in [2.75, 3.05) is 26.3 Å². The largest absolute Gasteiger partial charge is 0.438 e. The Kier molecular flexibility index (Phi) is 12.7. The van der Waals surface area contributed by atoms with E-state index < -0.39 is 44.0 Å². The van der Waals surface area contributed by atoms with E-state index in [9.17, 15) is 18.9 Å². The molecule has 2 rings (SSSR count). The molecule has 0 aromatic heterocycles.